The lowest BCUT2D eigenvalue weighted by molar-refractivity contribution is -0.137. The smallest absolute Gasteiger partial charge is 0.313 e. The van der Waals surface area contributed by atoms with Crippen molar-refractivity contribution in [3.8, 4) is 11.8 Å². The molecule has 0 N–H and O–H groups in total. The van der Waals surface area contributed by atoms with E-state index >= 15 is 0 Å². The number of likely N-dealkylation sites (N-methyl/N-ethyl adjacent to an activating group) is 1. The number of carbonyl (C=O) groups excluding carboxylic acids is 1. The molecule has 0 radical (unpaired) electrons. The van der Waals surface area contributed by atoms with Crippen LogP contribution < -0.4 is 4.74 Å². The molecule has 1 aromatic carbocycles. The lowest BCUT2D eigenvalue weighted by Gasteiger charge is -2.50. The minimum Gasteiger partial charge on any atom is -0.426 e. The summed E-state index contributed by atoms with van der Waals surface area (Å²) < 4.78 is 5.55. The summed E-state index contributed by atoms with van der Waals surface area (Å²) in [6.45, 7) is 7.08. The number of ether oxygens (including phenoxy) is 1. The van der Waals surface area contributed by atoms with Crippen LogP contribution in [-0.2, 0) is 16.6 Å². The van der Waals surface area contributed by atoms with Crippen LogP contribution in [0.1, 0.15) is 38.3 Å². The average molecular weight is 327 g/mol. The van der Waals surface area contributed by atoms with E-state index in [9.17, 15) is 4.79 Å². The molecular formula is C20H27N2O2+. The minimum absolute atomic E-state index is 0.00941. The number of fused-ring (bicyclic) bond motifs is 4. The molecule has 0 saturated carbocycles. The summed E-state index contributed by atoms with van der Waals surface area (Å²) in [4.78, 5) is 18.6. The molecule has 1 saturated heterocycles. The van der Waals surface area contributed by atoms with E-state index in [1.165, 1.54) is 11.1 Å². The highest BCUT2D eigenvalue weighted by Gasteiger charge is 2.52. The number of benzene rings is 1. The van der Waals surface area contributed by atoms with Crippen LogP contribution in [0, 0.1) is 17.9 Å². The van der Waals surface area contributed by atoms with Crippen LogP contribution in [0.2, 0.25) is 0 Å². The Morgan fingerprint density at radius 3 is 2.88 bits per heavy atom. The maximum absolute atomic E-state index is 11.9. The van der Waals surface area contributed by atoms with Crippen molar-refractivity contribution in [1.82, 2.24) is 4.90 Å². The highest BCUT2D eigenvalue weighted by molar-refractivity contribution is 5.74. The van der Waals surface area contributed by atoms with Gasteiger partial charge in [0.25, 0.3) is 13.1 Å². The van der Waals surface area contributed by atoms with E-state index < -0.39 is 0 Å². The van der Waals surface area contributed by atoms with Crippen molar-refractivity contribution in [2.45, 2.75) is 45.1 Å². The van der Waals surface area contributed by atoms with Gasteiger partial charge >= 0.3 is 5.97 Å². The zero-order valence-electron chi connectivity index (χ0n) is 15.3. The summed E-state index contributed by atoms with van der Waals surface area (Å²) in [5.74, 6) is 0.607. The monoisotopic (exact) mass is 327 g/mol. The third-order valence-corrected chi connectivity index (χ3v) is 5.70. The number of hydrogen-bond acceptors (Lipinski definition) is 3. The average Bonchev–Trinajstić information content (AvgIpc) is 2.54. The lowest BCUT2D eigenvalue weighted by atomic mass is 9.59. The van der Waals surface area contributed by atoms with Crippen molar-refractivity contribution < 1.29 is 9.53 Å². The number of piperidine rings is 1. The summed E-state index contributed by atoms with van der Waals surface area (Å²) in [5.41, 5.74) is 2.64. The van der Waals surface area contributed by atoms with E-state index in [1.807, 2.05) is 19.9 Å². The number of carbonyl (C=O) groups is 1. The van der Waals surface area contributed by atoms with Crippen LogP contribution in [0.5, 0.6) is 5.75 Å². The third kappa shape index (κ3) is 2.71. The second kappa shape index (κ2) is 6.22. The molecule has 2 aliphatic rings. The first-order valence-corrected chi connectivity index (χ1v) is 8.76. The Hall–Kier alpha value is -1.86. The summed E-state index contributed by atoms with van der Waals surface area (Å²) >= 11 is 0. The van der Waals surface area contributed by atoms with Crippen LogP contribution >= 0.6 is 0 Å². The highest BCUT2D eigenvalue weighted by atomic mass is 16.5. The van der Waals surface area contributed by atoms with E-state index in [0.29, 0.717) is 11.8 Å². The summed E-state index contributed by atoms with van der Waals surface area (Å²) in [7, 11) is 3.99. The van der Waals surface area contributed by atoms with Gasteiger partial charge in [0.1, 0.15) is 11.7 Å². The van der Waals surface area contributed by atoms with Crippen molar-refractivity contribution in [2.75, 3.05) is 20.6 Å². The fourth-order valence-electron chi connectivity index (χ4n) is 4.14. The number of likely N-dealkylation sites (tertiary alicyclic amines) is 1. The molecule has 1 aromatic rings. The van der Waals surface area contributed by atoms with E-state index in [4.69, 9.17) is 4.74 Å². The highest BCUT2D eigenvalue weighted by Crippen LogP contribution is 2.49. The molecule has 1 aliphatic heterocycles. The summed E-state index contributed by atoms with van der Waals surface area (Å²) in [6, 6.07) is 9.91. The van der Waals surface area contributed by atoms with E-state index in [1.54, 1.807) is 7.05 Å². The molecule has 1 heterocycles. The van der Waals surface area contributed by atoms with E-state index in [-0.39, 0.29) is 23.2 Å². The third-order valence-electron chi connectivity index (χ3n) is 5.70. The van der Waals surface area contributed by atoms with Crippen LogP contribution in [0.15, 0.2) is 18.2 Å². The first kappa shape index (κ1) is 17.0. The lowest BCUT2D eigenvalue weighted by Crippen LogP contribution is -2.57. The van der Waals surface area contributed by atoms with Crippen LogP contribution in [0.3, 0.4) is 0 Å². The van der Waals surface area contributed by atoms with Gasteiger partial charge in [0.15, 0.2) is 0 Å². The first-order chi connectivity index (χ1) is 11.4. The van der Waals surface area contributed by atoms with Gasteiger partial charge < -0.3 is 9.64 Å². The Morgan fingerprint density at radius 1 is 1.46 bits per heavy atom. The molecule has 4 heteroatoms. The molecule has 0 amide bonds. The van der Waals surface area contributed by atoms with E-state index in [2.05, 4.69) is 41.9 Å². The number of rotatable bonds is 2. The fourth-order valence-corrected chi connectivity index (χ4v) is 4.14. The molecule has 2 unspecified atom stereocenters. The molecule has 4 nitrogen and oxygen atoms in total. The van der Waals surface area contributed by atoms with Gasteiger partial charge in [0.05, 0.1) is 5.92 Å². The Labute approximate surface area is 144 Å². The molecule has 3 atom stereocenters. The van der Waals surface area contributed by atoms with Crippen molar-refractivity contribution in [2.24, 2.45) is 11.8 Å². The van der Waals surface area contributed by atoms with Gasteiger partial charge in [0, 0.05) is 11.5 Å². The molecule has 1 fully saturated rings. The largest absolute Gasteiger partial charge is 0.426 e. The normalized spacial score (nSPS) is 28.8. The number of hydrogen-bond donors (Lipinski definition) is 0. The Bertz CT molecular complexity index is 716. The van der Waals surface area contributed by atoms with Crippen molar-refractivity contribution in [3.05, 3.63) is 34.2 Å². The fraction of sp³-hybridized carbons (Fsp3) is 0.600. The van der Waals surface area contributed by atoms with Crippen LogP contribution in [-0.4, -0.2) is 37.6 Å². The number of nitrogens with zero attached hydrogens (tertiary/aromatic N) is 2. The zero-order chi connectivity index (χ0) is 17.5. The predicted molar refractivity (Wildman–Crippen MR) is 95.7 cm³/mol. The van der Waals surface area contributed by atoms with Gasteiger partial charge in [-0.25, -0.2) is 0 Å². The van der Waals surface area contributed by atoms with Gasteiger partial charge in [-0.3, -0.25) is 4.79 Å². The van der Waals surface area contributed by atoms with Gasteiger partial charge in [0.2, 0.25) is 0 Å². The van der Waals surface area contributed by atoms with Crippen molar-refractivity contribution >= 4 is 5.97 Å². The molecule has 1 aliphatic carbocycles. The predicted octanol–water partition coefficient (Wildman–Crippen LogP) is 3.34. The molecule has 0 aromatic heterocycles. The quantitative estimate of drug-likeness (QED) is 0.617. The molecule has 2 bridgehead atoms. The van der Waals surface area contributed by atoms with Crippen molar-refractivity contribution in [3.63, 3.8) is 0 Å². The second-order valence-corrected chi connectivity index (χ2v) is 7.64. The SMILES string of the molecule is C[N+]#CC1C2Cc3ccc(OC(=O)C(C)C)cc3[C@@]1(C)CCN2C. The maximum atomic E-state index is 11.9. The first-order valence-electron chi connectivity index (χ1n) is 8.76. The molecule has 24 heavy (non-hydrogen) atoms. The van der Waals surface area contributed by atoms with Crippen LogP contribution in [0.4, 0.5) is 0 Å². The Morgan fingerprint density at radius 2 is 2.21 bits per heavy atom. The molecular weight excluding hydrogens is 300 g/mol. The standard InChI is InChI=1S/C20H27N2O2/c1-13(2)19(23)24-15-7-6-14-10-18-17(12-21-4)20(3,16(14)11-15)8-9-22(18)5/h6-7,11,13,17-18H,8-10H2,1-5H3/q+1/t17?,18?,20-/m1/s1. The minimum atomic E-state index is -0.185. The molecule has 3 rings (SSSR count). The van der Waals surface area contributed by atoms with Gasteiger partial charge in [-0.05, 0) is 49.7 Å². The van der Waals surface area contributed by atoms with Crippen LogP contribution in [0.25, 0.3) is 4.85 Å². The van der Waals surface area contributed by atoms with Gasteiger partial charge in [-0.1, -0.05) is 31.7 Å². The Balaban J connectivity index is 2.02. The summed E-state index contributed by atoms with van der Waals surface area (Å²) in [6.07, 6.45) is 2.05. The maximum Gasteiger partial charge on any atom is 0.313 e. The molecule has 0 spiro atoms. The van der Waals surface area contributed by atoms with Crippen molar-refractivity contribution in [1.29, 1.82) is 0 Å². The molecule has 128 valence electrons. The zero-order valence-corrected chi connectivity index (χ0v) is 15.3. The summed E-state index contributed by atoms with van der Waals surface area (Å²) in [5, 5.41) is 0. The van der Waals surface area contributed by atoms with Gasteiger partial charge in [-0.15, -0.1) is 0 Å². The second-order valence-electron chi connectivity index (χ2n) is 7.64. The Kier molecular flexibility index (Phi) is 4.40. The van der Waals surface area contributed by atoms with Gasteiger partial charge in [-0.2, -0.15) is 0 Å². The number of esters is 1. The topological polar surface area (TPSA) is 33.9 Å². The van der Waals surface area contributed by atoms with E-state index in [0.717, 1.165) is 19.4 Å².